The molecule has 2 aromatic rings. The smallest absolute Gasteiger partial charge is 0.286 e. The molecule has 1 aromatic heterocycles. The second kappa shape index (κ2) is 8.10. The summed E-state index contributed by atoms with van der Waals surface area (Å²) in [5.74, 6) is 0.496. The molecule has 6 nitrogen and oxygen atoms in total. The summed E-state index contributed by atoms with van der Waals surface area (Å²) in [5.41, 5.74) is 2.66. The van der Waals surface area contributed by atoms with Crippen LogP contribution in [0.5, 0.6) is 5.75 Å². The zero-order valence-corrected chi connectivity index (χ0v) is 16.1. The van der Waals surface area contributed by atoms with Crippen LogP contribution in [0.25, 0.3) is 0 Å². The van der Waals surface area contributed by atoms with E-state index < -0.39 is 10.9 Å². The summed E-state index contributed by atoms with van der Waals surface area (Å²) in [5, 5.41) is 11.5. The van der Waals surface area contributed by atoms with Crippen LogP contribution in [0, 0.1) is 0 Å². The summed E-state index contributed by atoms with van der Waals surface area (Å²) < 4.78 is 4.99. The number of aliphatic hydroxyl groups is 1. The van der Waals surface area contributed by atoms with Gasteiger partial charge in [-0.05, 0) is 61.4 Å². The SMILES string of the molecule is C[C@H](O)c1ccc(CCOc2ccc(CC3(C)SC(=O)NC3=O)cc2)nc1. The quantitative estimate of drug-likeness (QED) is 0.760. The van der Waals surface area contributed by atoms with Gasteiger partial charge in [-0.2, -0.15) is 0 Å². The molecular formula is C20H22N2O4S. The number of nitrogens with one attached hydrogen (secondary N) is 1. The van der Waals surface area contributed by atoms with Crippen LogP contribution in [0.2, 0.25) is 0 Å². The van der Waals surface area contributed by atoms with Gasteiger partial charge in [0.1, 0.15) is 10.5 Å². The molecule has 0 radical (unpaired) electrons. The Hall–Kier alpha value is -2.38. The molecule has 2 atom stereocenters. The Bertz CT molecular complexity index is 821. The van der Waals surface area contributed by atoms with Crippen molar-refractivity contribution in [3.8, 4) is 5.75 Å². The number of hydrogen-bond donors (Lipinski definition) is 2. The number of imide groups is 1. The molecule has 0 aliphatic carbocycles. The van der Waals surface area contributed by atoms with E-state index in [1.165, 1.54) is 0 Å². The standard InChI is InChI=1S/C20H22N2O4S/c1-13(23)15-5-6-16(21-12-15)9-10-26-17-7-3-14(4-8-17)11-20(2)18(24)22-19(25)27-20/h3-8,12-13,23H,9-11H2,1-2H3,(H,22,24,25)/t13-,20?/m0/s1. The number of pyridine rings is 1. The molecule has 1 saturated heterocycles. The van der Waals surface area contributed by atoms with Gasteiger partial charge in [0.2, 0.25) is 5.91 Å². The van der Waals surface area contributed by atoms with Gasteiger partial charge in [0.15, 0.2) is 0 Å². The van der Waals surface area contributed by atoms with Crippen LogP contribution in [0.4, 0.5) is 4.79 Å². The summed E-state index contributed by atoms with van der Waals surface area (Å²) in [7, 11) is 0. The Labute approximate surface area is 162 Å². The normalized spacial score (nSPS) is 20.4. The van der Waals surface area contributed by atoms with Crippen LogP contribution < -0.4 is 10.1 Å². The molecule has 0 bridgehead atoms. The molecule has 1 aliphatic rings. The monoisotopic (exact) mass is 386 g/mol. The molecule has 1 aliphatic heterocycles. The summed E-state index contributed by atoms with van der Waals surface area (Å²) >= 11 is 1.04. The van der Waals surface area contributed by atoms with Gasteiger partial charge in [0.25, 0.3) is 5.24 Å². The van der Waals surface area contributed by atoms with Crippen LogP contribution in [-0.4, -0.2) is 32.6 Å². The molecule has 2 heterocycles. The first-order valence-electron chi connectivity index (χ1n) is 8.75. The van der Waals surface area contributed by atoms with Crippen LogP contribution in [-0.2, 0) is 17.6 Å². The van der Waals surface area contributed by atoms with Gasteiger partial charge in [0.05, 0.1) is 12.7 Å². The molecule has 1 unspecified atom stereocenters. The molecule has 1 fully saturated rings. The van der Waals surface area contributed by atoms with E-state index in [9.17, 15) is 14.7 Å². The lowest BCUT2D eigenvalue weighted by molar-refractivity contribution is -0.121. The minimum absolute atomic E-state index is 0.244. The lowest BCUT2D eigenvalue weighted by Crippen LogP contribution is -2.35. The minimum Gasteiger partial charge on any atom is -0.493 e. The molecule has 2 N–H and O–H groups in total. The average molecular weight is 386 g/mol. The number of benzene rings is 1. The first-order chi connectivity index (χ1) is 12.9. The Kier molecular flexibility index (Phi) is 5.82. The first kappa shape index (κ1) is 19.4. The number of thioether (sulfide) groups is 1. The number of amides is 2. The Morgan fingerprint density at radius 3 is 2.52 bits per heavy atom. The van der Waals surface area contributed by atoms with Gasteiger partial charge >= 0.3 is 0 Å². The third-order valence-corrected chi connectivity index (χ3v) is 5.50. The van der Waals surface area contributed by atoms with Gasteiger partial charge in [0, 0.05) is 18.3 Å². The summed E-state index contributed by atoms with van der Waals surface area (Å²) in [6, 6.07) is 11.3. The number of aliphatic hydroxyl groups excluding tert-OH is 1. The fraction of sp³-hybridized carbons (Fsp3) is 0.350. The second-order valence-electron chi connectivity index (χ2n) is 6.75. The fourth-order valence-electron chi connectivity index (χ4n) is 2.82. The minimum atomic E-state index is -0.761. The highest BCUT2D eigenvalue weighted by Gasteiger charge is 2.43. The third-order valence-electron chi connectivity index (χ3n) is 4.44. The van der Waals surface area contributed by atoms with Crippen molar-refractivity contribution in [1.29, 1.82) is 0 Å². The zero-order chi connectivity index (χ0) is 19.4. The number of carbonyl (C=O) groups excluding carboxylic acids is 2. The van der Waals surface area contributed by atoms with E-state index in [2.05, 4.69) is 10.3 Å². The maximum Gasteiger partial charge on any atom is 0.286 e. The van der Waals surface area contributed by atoms with Crippen LogP contribution in [0.1, 0.15) is 36.8 Å². The van der Waals surface area contributed by atoms with Crippen molar-refractivity contribution in [1.82, 2.24) is 10.3 Å². The topological polar surface area (TPSA) is 88.5 Å². The molecule has 27 heavy (non-hydrogen) atoms. The van der Waals surface area contributed by atoms with E-state index in [-0.39, 0.29) is 11.1 Å². The maximum atomic E-state index is 11.9. The summed E-state index contributed by atoms with van der Waals surface area (Å²) in [6.45, 7) is 3.97. The third kappa shape index (κ3) is 4.87. The Morgan fingerprint density at radius 2 is 1.96 bits per heavy atom. The first-order valence-corrected chi connectivity index (χ1v) is 9.56. The zero-order valence-electron chi connectivity index (χ0n) is 15.3. The summed E-state index contributed by atoms with van der Waals surface area (Å²) in [6.07, 6.45) is 2.31. The Balaban J connectivity index is 1.50. The molecule has 2 amide bonds. The highest BCUT2D eigenvalue weighted by Crippen LogP contribution is 2.34. The van der Waals surface area contributed by atoms with E-state index in [4.69, 9.17) is 4.74 Å². The molecular weight excluding hydrogens is 364 g/mol. The number of rotatable bonds is 7. The van der Waals surface area contributed by atoms with Gasteiger partial charge in [-0.1, -0.05) is 18.2 Å². The lowest BCUT2D eigenvalue weighted by Gasteiger charge is -2.18. The van der Waals surface area contributed by atoms with Crippen molar-refractivity contribution in [2.24, 2.45) is 0 Å². The number of hydrogen-bond acceptors (Lipinski definition) is 6. The predicted molar refractivity (Wildman–Crippen MR) is 104 cm³/mol. The van der Waals surface area contributed by atoms with Crippen molar-refractivity contribution in [2.45, 2.75) is 37.5 Å². The van der Waals surface area contributed by atoms with Crippen LogP contribution >= 0.6 is 11.8 Å². The number of aromatic nitrogens is 1. The lowest BCUT2D eigenvalue weighted by atomic mass is 9.99. The summed E-state index contributed by atoms with van der Waals surface area (Å²) in [4.78, 5) is 27.6. The van der Waals surface area contributed by atoms with E-state index in [1.807, 2.05) is 36.4 Å². The van der Waals surface area contributed by atoms with Gasteiger partial charge in [-0.3, -0.25) is 19.9 Å². The highest BCUT2D eigenvalue weighted by molar-refractivity contribution is 8.16. The van der Waals surface area contributed by atoms with Gasteiger partial charge in [-0.15, -0.1) is 0 Å². The number of carbonyl (C=O) groups is 2. The molecule has 142 valence electrons. The van der Waals surface area contributed by atoms with Crippen molar-refractivity contribution >= 4 is 22.9 Å². The van der Waals surface area contributed by atoms with Crippen LogP contribution in [0.15, 0.2) is 42.6 Å². The average Bonchev–Trinajstić information content (AvgIpc) is 2.88. The molecule has 7 heteroatoms. The van der Waals surface area contributed by atoms with Gasteiger partial charge in [-0.25, -0.2) is 0 Å². The molecule has 0 spiro atoms. The van der Waals surface area contributed by atoms with E-state index in [0.717, 1.165) is 34.3 Å². The maximum absolute atomic E-state index is 11.9. The van der Waals surface area contributed by atoms with Crippen LogP contribution in [0.3, 0.4) is 0 Å². The largest absolute Gasteiger partial charge is 0.493 e. The van der Waals surface area contributed by atoms with E-state index in [0.29, 0.717) is 19.4 Å². The van der Waals surface area contributed by atoms with Crippen molar-refractivity contribution < 1.29 is 19.4 Å². The second-order valence-corrected chi connectivity index (χ2v) is 8.23. The fourth-order valence-corrected chi connectivity index (χ4v) is 3.75. The highest BCUT2D eigenvalue weighted by atomic mass is 32.2. The predicted octanol–water partition coefficient (Wildman–Crippen LogP) is 3.04. The van der Waals surface area contributed by atoms with E-state index in [1.54, 1.807) is 20.0 Å². The Morgan fingerprint density at radius 1 is 1.22 bits per heavy atom. The van der Waals surface area contributed by atoms with Crippen molar-refractivity contribution in [3.05, 3.63) is 59.4 Å². The molecule has 1 aromatic carbocycles. The van der Waals surface area contributed by atoms with E-state index >= 15 is 0 Å². The molecule has 3 rings (SSSR count). The van der Waals surface area contributed by atoms with Crippen molar-refractivity contribution in [3.63, 3.8) is 0 Å². The molecule has 0 saturated carbocycles. The van der Waals surface area contributed by atoms with Gasteiger partial charge < -0.3 is 9.84 Å². The van der Waals surface area contributed by atoms with Crippen molar-refractivity contribution in [2.75, 3.05) is 6.61 Å². The number of ether oxygens (including phenoxy) is 1. The number of nitrogens with zero attached hydrogens (tertiary/aromatic N) is 1.